The van der Waals surface area contributed by atoms with Crippen molar-refractivity contribution in [2.75, 3.05) is 18.8 Å². The monoisotopic (exact) mass is 392 g/mol. The Balaban J connectivity index is 1.56. The van der Waals surface area contributed by atoms with Gasteiger partial charge in [0.15, 0.2) is 10.3 Å². The van der Waals surface area contributed by atoms with Gasteiger partial charge >= 0.3 is 0 Å². The van der Waals surface area contributed by atoms with E-state index in [1.807, 2.05) is 4.90 Å². The number of rotatable bonds is 7. The minimum absolute atomic E-state index is 0.205. The number of hydrogen-bond donors (Lipinski definition) is 0. The minimum atomic E-state index is 0.205. The van der Waals surface area contributed by atoms with Crippen LogP contribution in [0.5, 0.6) is 0 Å². The molecule has 1 aliphatic heterocycles. The first-order chi connectivity index (χ1) is 12.8. The summed E-state index contributed by atoms with van der Waals surface area (Å²) in [6, 6.07) is 1.80. The van der Waals surface area contributed by atoms with E-state index in [1.165, 1.54) is 36.4 Å². The molecule has 0 N–H and O–H groups in total. The van der Waals surface area contributed by atoms with Gasteiger partial charge in [-0.3, -0.25) is 4.79 Å². The van der Waals surface area contributed by atoms with Crippen molar-refractivity contribution in [3.8, 4) is 0 Å². The molecule has 140 valence electrons. The fraction of sp³-hybridized carbons (Fsp3) is 0.588. The molecule has 9 heteroatoms. The largest absolute Gasteiger partial charge is 0.342 e. The van der Waals surface area contributed by atoms with Gasteiger partial charge in [-0.15, -0.1) is 10.2 Å². The number of carbonyl (C=O) groups is 1. The Bertz CT molecular complexity index is 701. The summed E-state index contributed by atoms with van der Waals surface area (Å²) >= 11 is 3.02. The van der Waals surface area contributed by atoms with Crippen molar-refractivity contribution >= 4 is 29.4 Å². The van der Waals surface area contributed by atoms with E-state index in [0.29, 0.717) is 11.5 Å². The third-order valence-electron chi connectivity index (χ3n) is 4.27. The first kappa shape index (κ1) is 19.2. The van der Waals surface area contributed by atoms with Gasteiger partial charge in [0.1, 0.15) is 5.82 Å². The molecule has 1 amide bonds. The summed E-state index contributed by atoms with van der Waals surface area (Å²) in [7, 11) is 0. The van der Waals surface area contributed by atoms with Crippen LogP contribution in [0.4, 0.5) is 0 Å². The Morgan fingerprint density at radius 3 is 2.50 bits per heavy atom. The van der Waals surface area contributed by atoms with Crippen molar-refractivity contribution in [1.29, 1.82) is 0 Å². The number of nitrogens with zero attached hydrogens (tertiary/aromatic N) is 6. The fourth-order valence-electron chi connectivity index (χ4n) is 2.88. The van der Waals surface area contributed by atoms with Crippen LogP contribution in [-0.4, -0.2) is 54.4 Å². The quantitative estimate of drug-likeness (QED) is 0.530. The minimum Gasteiger partial charge on any atom is -0.342 e. The molecular weight excluding hydrogens is 368 g/mol. The first-order valence-electron chi connectivity index (χ1n) is 9.00. The Labute approximate surface area is 162 Å². The molecule has 2 aromatic rings. The van der Waals surface area contributed by atoms with E-state index in [-0.39, 0.29) is 5.91 Å². The van der Waals surface area contributed by atoms with E-state index in [1.54, 1.807) is 18.5 Å². The molecule has 0 spiro atoms. The second-order valence-electron chi connectivity index (χ2n) is 6.05. The molecule has 0 aliphatic carbocycles. The summed E-state index contributed by atoms with van der Waals surface area (Å²) in [5.74, 6) is 2.17. The SMILES string of the molecule is CCn1c(CSc2ncccn2)nnc1SCC(=O)N1CCCCCC1. The lowest BCUT2D eigenvalue weighted by Gasteiger charge is -2.19. The smallest absolute Gasteiger partial charge is 0.233 e. The van der Waals surface area contributed by atoms with Gasteiger partial charge in [0.2, 0.25) is 5.91 Å². The highest BCUT2D eigenvalue weighted by atomic mass is 32.2. The number of carbonyl (C=O) groups excluding carboxylic acids is 1. The van der Waals surface area contributed by atoms with Gasteiger partial charge in [-0.1, -0.05) is 36.4 Å². The number of thioether (sulfide) groups is 2. The zero-order chi connectivity index (χ0) is 18.2. The zero-order valence-corrected chi connectivity index (χ0v) is 16.6. The van der Waals surface area contributed by atoms with Crippen LogP contribution in [0, 0.1) is 0 Å². The maximum absolute atomic E-state index is 12.5. The maximum Gasteiger partial charge on any atom is 0.233 e. The van der Waals surface area contributed by atoms with Gasteiger partial charge in [0, 0.05) is 32.0 Å². The van der Waals surface area contributed by atoms with Crippen molar-refractivity contribution in [3.05, 3.63) is 24.3 Å². The fourth-order valence-corrected chi connectivity index (χ4v) is 4.54. The predicted molar refractivity (Wildman–Crippen MR) is 103 cm³/mol. The molecule has 0 atom stereocenters. The van der Waals surface area contributed by atoms with Crippen molar-refractivity contribution in [2.45, 2.75) is 55.2 Å². The summed E-state index contributed by atoms with van der Waals surface area (Å²) in [6.07, 6.45) is 8.15. The average Bonchev–Trinajstić information content (AvgIpc) is 2.87. The van der Waals surface area contributed by atoms with E-state index in [0.717, 1.165) is 48.6 Å². The van der Waals surface area contributed by atoms with Crippen LogP contribution in [0.25, 0.3) is 0 Å². The van der Waals surface area contributed by atoms with Crippen LogP contribution in [0.3, 0.4) is 0 Å². The van der Waals surface area contributed by atoms with Crippen LogP contribution < -0.4 is 0 Å². The lowest BCUT2D eigenvalue weighted by atomic mass is 10.2. The van der Waals surface area contributed by atoms with Gasteiger partial charge in [-0.25, -0.2) is 9.97 Å². The van der Waals surface area contributed by atoms with Crippen molar-refractivity contribution in [2.24, 2.45) is 0 Å². The van der Waals surface area contributed by atoms with Gasteiger partial charge in [-0.05, 0) is 25.8 Å². The van der Waals surface area contributed by atoms with E-state index in [4.69, 9.17) is 0 Å². The summed E-state index contributed by atoms with van der Waals surface area (Å²) in [5, 5.41) is 10.1. The maximum atomic E-state index is 12.5. The lowest BCUT2D eigenvalue weighted by Crippen LogP contribution is -2.33. The van der Waals surface area contributed by atoms with Gasteiger partial charge in [0.25, 0.3) is 0 Å². The molecular formula is C17H24N6OS2. The molecule has 0 saturated carbocycles. The lowest BCUT2D eigenvalue weighted by molar-refractivity contribution is -0.128. The van der Waals surface area contributed by atoms with E-state index >= 15 is 0 Å². The molecule has 3 heterocycles. The predicted octanol–water partition coefficient (Wildman–Crippen LogP) is 2.88. The molecule has 0 aromatic carbocycles. The molecule has 0 radical (unpaired) electrons. The Morgan fingerprint density at radius 2 is 1.81 bits per heavy atom. The van der Waals surface area contributed by atoms with Crippen LogP contribution in [-0.2, 0) is 17.1 Å². The summed E-state index contributed by atoms with van der Waals surface area (Å²) in [5.41, 5.74) is 0. The molecule has 1 fully saturated rings. The highest BCUT2D eigenvalue weighted by Crippen LogP contribution is 2.23. The van der Waals surface area contributed by atoms with E-state index in [2.05, 4.69) is 31.7 Å². The van der Waals surface area contributed by atoms with Crippen LogP contribution in [0.2, 0.25) is 0 Å². The van der Waals surface area contributed by atoms with Crippen molar-refractivity contribution in [1.82, 2.24) is 29.6 Å². The molecule has 1 aliphatic rings. The zero-order valence-electron chi connectivity index (χ0n) is 15.0. The second-order valence-corrected chi connectivity index (χ2v) is 7.93. The van der Waals surface area contributed by atoms with E-state index in [9.17, 15) is 4.79 Å². The molecule has 3 rings (SSSR count). The molecule has 0 bridgehead atoms. The Kier molecular flexibility index (Phi) is 7.31. The average molecular weight is 393 g/mol. The first-order valence-corrected chi connectivity index (χ1v) is 11.0. The Morgan fingerprint density at radius 1 is 1.08 bits per heavy atom. The highest BCUT2D eigenvalue weighted by Gasteiger charge is 2.18. The van der Waals surface area contributed by atoms with Gasteiger partial charge in [0.05, 0.1) is 11.5 Å². The number of amides is 1. The summed E-state index contributed by atoms with van der Waals surface area (Å²) < 4.78 is 2.07. The topological polar surface area (TPSA) is 76.8 Å². The molecule has 1 saturated heterocycles. The molecule has 2 aromatic heterocycles. The van der Waals surface area contributed by atoms with Crippen LogP contribution in [0.15, 0.2) is 28.8 Å². The standard InChI is InChI=1S/C17H24N6OS2/c1-2-23-14(12-25-16-18-8-7-9-19-16)20-21-17(23)26-13-15(24)22-10-5-3-4-6-11-22/h7-9H,2-6,10-13H2,1H3. The Hall–Kier alpha value is -1.61. The van der Waals surface area contributed by atoms with Gasteiger partial charge in [-0.2, -0.15) is 0 Å². The normalized spacial score (nSPS) is 15.0. The number of hydrogen-bond acceptors (Lipinski definition) is 7. The highest BCUT2D eigenvalue weighted by molar-refractivity contribution is 7.99. The van der Waals surface area contributed by atoms with Crippen molar-refractivity contribution < 1.29 is 4.79 Å². The summed E-state index contributed by atoms with van der Waals surface area (Å²) in [4.78, 5) is 22.9. The molecule has 26 heavy (non-hydrogen) atoms. The number of likely N-dealkylation sites (tertiary alicyclic amines) is 1. The van der Waals surface area contributed by atoms with Gasteiger partial charge < -0.3 is 9.47 Å². The molecule has 7 nitrogen and oxygen atoms in total. The third-order valence-corrected chi connectivity index (χ3v) is 6.09. The van der Waals surface area contributed by atoms with Crippen LogP contribution >= 0.6 is 23.5 Å². The van der Waals surface area contributed by atoms with Crippen molar-refractivity contribution in [3.63, 3.8) is 0 Å². The summed E-state index contributed by atoms with van der Waals surface area (Å²) in [6.45, 7) is 4.62. The second kappa shape index (κ2) is 9.91. The molecule has 0 unspecified atom stereocenters. The third kappa shape index (κ3) is 5.20. The van der Waals surface area contributed by atoms with E-state index < -0.39 is 0 Å². The number of aromatic nitrogens is 5. The van der Waals surface area contributed by atoms with Crippen LogP contribution in [0.1, 0.15) is 38.4 Å².